The Balaban J connectivity index is 3.19. The number of rotatable bonds is 2. The Labute approximate surface area is 97.4 Å². The van der Waals surface area contributed by atoms with Crippen LogP contribution in [-0.2, 0) is 12.6 Å². The molecule has 0 heterocycles. The Kier molecular flexibility index (Phi) is 3.74. The molecule has 2 nitrogen and oxygen atoms in total. The van der Waals surface area contributed by atoms with E-state index in [9.17, 15) is 26.3 Å². The Bertz CT molecular complexity index is 471. The average Bonchev–Trinajstić information content (AvgIpc) is 2.13. The van der Waals surface area contributed by atoms with Gasteiger partial charge in [-0.3, -0.25) is 0 Å². The Morgan fingerprint density at radius 1 is 1.06 bits per heavy atom. The lowest BCUT2D eigenvalue weighted by Gasteiger charge is -2.13. The Morgan fingerprint density at radius 3 is 2.11 bits per heavy atom. The summed E-state index contributed by atoms with van der Waals surface area (Å²) in [5.41, 5.74) is -1.50. The highest BCUT2D eigenvalue weighted by atomic mass is 19.4. The van der Waals surface area contributed by atoms with Gasteiger partial charge in [-0.1, -0.05) is 0 Å². The van der Waals surface area contributed by atoms with Crippen LogP contribution >= 0.6 is 0 Å². The molecule has 0 aromatic heterocycles. The van der Waals surface area contributed by atoms with Gasteiger partial charge in [-0.05, 0) is 23.8 Å². The molecule has 98 valence electrons. The van der Waals surface area contributed by atoms with Gasteiger partial charge in [0.2, 0.25) is 0 Å². The topological polar surface area (TPSA) is 33.0 Å². The number of halogens is 6. The molecule has 0 aliphatic carbocycles. The third kappa shape index (κ3) is 4.16. The van der Waals surface area contributed by atoms with Crippen LogP contribution in [0.5, 0.6) is 5.75 Å². The van der Waals surface area contributed by atoms with Crippen LogP contribution in [0.2, 0.25) is 0 Å². The molecule has 0 unspecified atom stereocenters. The lowest BCUT2D eigenvalue weighted by atomic mass is 10.1. The zero-order valence-electron chi connectivity index (χ0n) is 8.56. The van der Waals surface area contributed by atoms with Gasteiger partial charge in [0.1, 0.15) is 5.75 Å². The van der Waals surface area contributed by atoms with E-state index in [1.807, 2.05) is 0 Å². The van der Waals surface area contributed by atoms with Crippen molar-refractivity contribution in [3.8, 4) is 11.8 Å². The van der Waals surface area contributed by atoms with E-state index < -0.39 is 30.3 Å². The molecule has 0 radical (unpaired) electrons. The molecule has 0 aliphatic heterocycles. The maximum Gasteiger partial charge on any atom is 0.573 e. The first-order valence-electron chi connectivity index (χ1n) is 4.45. The van der Waals surface area contributed by atoms with Gasteiger partial charge in [0.15, 0.2) is 0 Å². The summed E-state index contributed by atoms with van der Waals surface area (Å²) in [7, 11) is 0. The molecule has 0 fully saturated rings. The number of hydrogen-bond donors (Lipinski definition) is 0. The van der Waals surface area contributed by atoms with Crippen molar-refractivity contribution in [2.24, 2.45) is 0 Å². The van der Waals surface area contributed by atoms with Crippen molar-refractivity contribution < 1.29 is 31.1 Å². The quantitative estimate of drug-likeness (QED) is 0.767. The van der Waals surface area contributed by atoms with Crippen molar-refractivity contribution in [1.82, 2.24) is 0 Å². The average molecular weight is 269 g/mol. The molecular weight excluding hydrogens is 264 g/mol. The number of nitrogens with zero attached hydrogens (tertiary/aromatic N) is 1. The van der Waals surface area contributed by atoms with Gasteiger partial charge >= 0.3 is 12.5 Å². The Morgan fingerprint density at radius 2 is 1.67 bits per heavy atom. The third-order valence-corrected chi connectivity index (χ3v) is 1.81. The van der Waals surface area contributed by atoms with E-state index >= 15 is 0 Å². The number of alkyl halides is 6. The molecule has 8 heteroatoms. The highest BCUT2D eigenvalue weighted by Crippen LogP contribution is 2.34. The molecule has 18 heavy (non-hydrogen) atoms. The first-order chi connectivity index (χ1) is 8.12. The first-order valence-corrected chi connectivity index (χ1v) is 4.45. The molecular formula is C10H5F6NO. The zero-order chi connectivity index (χ0) is 14.0. The summed E-state index contributed by atoms with van der Waals surface area (Å²) in [6.45, 7) is 0. The minimum absolute atomic E-state index is 0.202. The van der Waals surface area contributed by atoms with Crippen LogP contribution in [0.15, 0.2) is 18.2 Å². The van der Waals surface area contributed by atoms with Crippen molar-refractivity contribution >= 4 is 0 Å². The maximum atomic E-state index is 12.4. The molecule has 0 amide bonds. The highest BCUT2D eigenvalue weighted by molar-refractivity contribution is 5.37. The summed E-state index contributed by atoms with van der Waals surface area (Å²) in [4.78, 5) is 0. The zero-order valence-corrected chi connectivity index (χ0v) is 8.56. The summed E-state index contributed by atoms with van der Waals surface area (Å²) in [6.07, 6.45) is -10.3. The van der Waals surface area contributed by atoms with Crippen LogP contribution < -0.4 is 4.74 Å². The molecule has 0 spiro atoms. The fraction of sp³-hybridized carbons (Fsp3) is 0.300. The van der Waals surface area contributed by atoms with Gasteiger partial charge in [0.25, 0.3) is 0 Å². The first kappa shape index (κ1) is 14.2. The maximum absolute atomic E-state index is 12.4. The molecule has 1 rings (SSSR count). The summed E-state index contributed by atoms with van der Waals surface area (Å²) in [6, 6.07) is 3.12. The van der Waals surface area contributed by atoms with E-state index in [1.54, 1.807) is 6.07 Å². The highest BCUT2D eigenvalue weighted by Gasteiger charge is 2.34. The molecule has 0 atom stereocenters. The van der Waals surface area contributed by atoms with E-state index in [-0.39, 0.29) is 11.6 Å². The van der Waals surface area contributed by atoms with Crippen LogP contribution in [0, 0.1) is 11.3 Å². The van der Waals surface area contributed by atoms with E-state index in [0.717, 1.165) is 6.07 Å². The summed E-state index contributed by atoms with van der Waals surface area (Å²) < 4.78 is 76.4. The molecule has 1 aromatic rings. The minimum atomic E-state index is -5.09. The number of benzene rings is 1. The fourth-order valence-electron chi connectivity index (χ4n) is 1.21. The summed E-state index contributed by atoms with van der Waals surface area (Å²) in [5, 5.41) is 8.34. The molecule has 0 bridgehead atoms. The molecule has 0 saturated carbocycles. The third-order valence-electron chi connectivity index (χ3n) is 1.81. The monoisotopic (exact) mass is 269 g/mol. The van der Waals surface area contributed by atoms with Gasteiger partial charge in [-0.25, -0.2) is 0 Å². The van der Waals surface area contributed by atoms with Gasteiger partial charge in [-0.2, -0.15) is 18.4 Å². The van der Waals surface area contributed by atoms with Crippen LogP contribution in [-0.4, -0.2) is 6.36 Å². The van der Waals surface area contributed by atoms with Gasteiger partial charge in [0, 0.05) is 0 Å². The van der Waals surface area contributed by atoms with E-state index in [1.165, 1.54) is 0 Å². The van der Waals surface area contributed by atoms with Crippen molar-refractivity contribution in [2.75, 3.05) is 0 Å². The molecule has 1 aromatic carbocycles. The van der Waals surface area contributed by atoms with Crippen LogP contribution in [0.1, 0.15) is 11.1 Å². The van der Waals surface area contributed by atoms with Crippen molar-refractivity contribution in [2.45, 2.75) is 19.0 Å². The summed E-state index contributed by atoms with van der Waals surface area (Å²) in [5.74, 6) is -0.998. The second-order valence-corrected chi connectivity index (χ2v) is 3.25. The lowest BCUT2D eigenvalue weighted by molar-refractivity contribution is -0.274. The SMILES string of the molecule is N#CCc1cc(OC(F)(F)F)cc(C(F)(F)F)c1. The predicted molar refractivity (Wildman–Crippen MR) is 47.4 cm³/mol. The largest absolute Gasteiger partial charge is 0.573 e. The van der Waals surface area contributed by atoms with E-state index in [2.05, 4.69) is 4.74 Å². The number of nitriles is 1. The van der Waals surface area contributed by atoms with Gasteiger partial charge < -0.3 is 4.74 Å². The van der Waals surface area contributed by atoms with Crippen molar-refractivity contribution in [3.63, 3.8) is 0 Å². The predicted octanol–water partition coefficient (Wildman–Crippen LogP) is 3.67. The smallest absolute Gasteiger partial charge is 0.406 e. The second kappa shape index (κ2) is 4.76. The normalized spacial score (nSPS) is 12.1. The van der Waals surface area contributed by atoms with Crippen molar-refractivity contribution in [1.29, 1.82) is 5.26 Å². The van der Waals surface area contributed by atoms with Crippen LogP contribution in [0.4, 0.5) is 26.3 Å². The molecule has 0 saturated heterocycles. The van der Waals surface area contributed by atoms with Gasteiger partial charge in [-0.15, -0.1) is 13.2 Å². The summed E-state index contributed by atoms with van der Waals surface area (Å²) >= 11 is 0. The second-order valence-electron chi connectivity index (χ2n) is 3.25. The van der Waals surface area contributed by atoms with Crippen LogP contribution in [0.3, 0.4) is 0 Å². The standard InChI is InChI=1S/C10H5F6NO/c11-9(12,13)7-3-6(1-2-17)4-8(5-7)18-10(14,15)16/h3-5H,1H2. The van der Waals surface area contributed by atoms with E-state index in [0.29, 0.717) is 6.07 Å². The number of ether oxygens (including phenoxy) is 1. The number of hydrogen-bond acceptors (Lipinski definition) is 2. The Hall–Kier alpha value is -1.91. The minimum Gasteiger partial charge on any atom is -0.406 e. The van der Waals surface area contributed by atoms with Crippen LogP contribution in [0.25, 0.3) is 0 Å². The van der Waals surface area contributed by atoms with E-state index in [4.69, 9.17) is 5.26 Å². The molecule has 0 aliphatic rings. The van der Waals surface area contributed by atoms with Crippen molar-refractivity contribution in [3.05, 3.63) is 29.3 Å². The molecule has 0 N–H and O–H groups in total. The van der Waals surface area contributed by atoms with Gasteiger partial charge in [0.05, 0.1) is 18.1 Å². The fourth-order valence-corrected chi connectivity index (χ4v) is 1.21. The lowest BCUT2D eigenvalue weighted by Crippen LogP contribution is -2.18.